The minimum absolute atomic E-state index is 0.0746. The van der Waals surface area contributed by atoms with Gasteiger partial charge in [-0.05, 0) is 65.3 Å². The van der Waals surface area contributed by atoms with Gasteiger partial charge in [-0.1, -0.05) is 93.6 Å². The third kappa shape index (κ3) is 6.52. The summed E-state index contributed by atoms with van der Waals surface area (Å²) >= 11 is 0. The van der Waals surface area contributed by atoms with Crippen LogP contribution in [0.15, 0.2) is 108 Å². The zero-order valence-electron chi connectivity index (χ0n) is 23.6. The van der Waals surface area contributed by atoms with Crippen LogP contribution in [-0.4, -0.2) is 25.9 Å². The highest BCUT2D eigenvalue weighted by atomic mass is 32.2. The van der Waals surface area contributed by atoms with E-state index in [0.29, 0.717) is 17.9 Å². The second-order valence-corrected chi connectivity index (χ2v) is 12.9. The molecule has 1 heterocycles. The summed E-state index contributed by atoms with van der Waals surface area (Å²) in [5.41, 5.74) is 5.43. The van der Waals surface area contributed by atoms with Crippen molar-refractivity contribution in [2.45, 2.75) is 43.9 Å². The lowest BCUT2D eigenvalue weighted by Crippen LogP contribution is -2.25. The van der Waals surface area contributed by atoms with E-state index in [0.717, 1.165) is 40.4 Å². The third-order valence-corrected chi connectivity index (χ3v) is 8.54. The molecule has 0 aliphatic carbocycles. The van der Waals surface area contributed by atoms with Gasteiger partial charge in [0.05, 0.1) is 4.90 Å². The summed E-state index contributed by atoms with van der Waals surface area (Å²) < 4.78 is 29.2. The summed E-state index contributed by atoms with van der Waals surface area (Å²) in [6.45, 7) is 6.80. The Morgan fingerprint density at radius 1 is 0.829 bits per heavy atom. The zero-order valence-corrected chi connectivity index (χ0v) is 24.4. The van der Waals surface area contributed by atoms with Crippen molar-refractivity contribution < 1.29 is 13.2 Å². The van der Waals surface area contributed by atoms with Gasteiger partial charge in [-0.2, -0.15) is 0 Å². The van der Waals surface area contributed by atoms with E-state index in [2.05, 4.69) is 47.9 Å². The molecule has 6 nitrogen and oxygen atoms in total. The Morgan fingerprint density at radius 3 is 2.15 bits per heavy atom. The van der Waals surface area contributed by atoms with Crippen LogP contribution in [-0.2, 0) is 21.9 Å². The van der Waals surface area contributed by atoms with Crippen molar-refractivity contribution in [3.8, 4) is 11.1 Å². The second-order valence-electron chi connectivity index (χ2n) is 11.2. The van der Waals surface area contributed by atoms with Crippen LogP contribution in [0, 0.1) is 0 Å². The van der Waals surface area contributed by atoms with Crippen molar-refractivity contribution >= 4 is 32.5 Å². The minimum Gasteiger partial charge on any atom is -0.351 e. The summed E-state index contributed by atoms with van der Waals surface area (Å²) in [6, 6.07) is 32.1. The molecule has 0 aliphatic heterocycles. The van der Waals surface area contributed by atoms with E-state index in [1.165, 1.54) is 5.56 Å². The van der Waals surface area contributed by atoms with Crippen LogP contribution in [0.5, 0.6) is 0 Å². The third-order valence-electron chi connectivity index (χ3n) is 7.14. The van der Waals surface area contributed by atoms with Crippen molar-refractivity contribution in [3.05, 3.63) is 120 Å². The molecule has 0 radical (unpaired) electrons. The highest BCUT2D eigenvalue weighted by Crippen LogP contribution is 2.35. The number of rotatable bonds is 9. The molecule has 0 bridgehead atoms. The first-order chi connectivity index (χ1) is 19.6. The molecule has 0 fully saturated rings. The van der Waals surface area contributed by atoms with Gasteiger partial charge in [0.15, 0.2) is 0 Å². The van der Waals surface area contributed by atoms with Crippen LogP contribution in [0.2, 0.25) is 0 Å². The number of hydrogen-bond donors (Lipinski definition) is 3. The molecule has 5 rings (SSSR count). The standard InChI is InChI=1S/C34H35N3O3S/c1-34(2,3)26-16-19-28(20-17-26)41(39,40)37-27-18-21-30-29(23-27)31(25-14-8-5-9-15-25)32(36-30)33(38)35-22-10-13-24-11-6-4-7-12-24/h4-9,11-12,14-21,23,36-37H,10,13,22H2,1-3H3,(H,35,38). The maximum Gasteiger partial charge on any atom is 0.268 e. The Hall–Kier alpha value is -4.36. The molecule has 0 aliphatic rings. The molecule has 41 heavy (non-hydrogen) atoms. The first-order valence-corrected chi connectivity index (χ1v) is 15.3. The maximum atomic E-state index is 13.4. The fraction of sp³-hybridized carbons (Fsp3) is 0.206. The maximum absolute atomic E-state index is 13.4. The number of carbonyl (C=O) groups excluding carboxylic acids is 1. The molecule has 4 aromatic carbocycles. The number of carbonyl (C=O) groups is 1. The SMILES string of the molecule is CC(C)(C)c1ccc(S(=O)(=O)Nc2ccc3[nH]c(C(=O)NCCCc4ccccc4)c(-c4ccccc4)c3c2)cc1. The molecule has 0 saturated carbocycles. The Balaban J connectivity index is 1.41. The topological polar surface area (TPSA) is 91.1 Å². The second kappa shape index (κ2) is 11.6. The summed E-state index contributed by atoms with van der Waals surface area (Å²) in [6.07, 6.45) is 1.70. The molecule has 0 unspecified atom stereocenters. The first kappa shape index (κ1) is 28.2. The van der Waals surface area contributed by atoms with Crippen LogP contribution in [0.4, 0.5) is 5.69 Å². The number of aryl methyl sites for hydroxylation is 1. The van der Waals surface area contributed by atoms with Crippen molar-refractivity contribution in [2.75, 3.05) is 11.3 Å². The van der Waals surface area contributed by atoms with Gasteiger partial charge in [0.2, 0.25) is 0 Å². The Bertz CT molecular complexity index is 1750. The van der Waals surface area contributed by atoms with E-state index in [-0.39, 0.29) is 16.2 Å². The Labute approximate surface area is 241 Å². The molecule has 1 aromatic heterocycles. The minimum atomic E-state index is -3.81. The van der Waals surface area contributed by atoms with E-state index >= 15 is 0 Å². The van der Waals surface area contributed by atoms with E-state index in [9.17, 15) is 13.2 Å². The molecule has 0 saturated heterocycles. The van der Waals surface area contributed by atoms with Gasteiger partial charge in [-0.25, -0.2) is 8.42 Å². The molecule has 0 atom stereocenters. The van der Waals surface area contributed by atoms with Gasteiger partial charge < -0.3 is 10.3 Å². The van der Waals surface area contributed by atoms with Gasteiger partial charge in [0.25, 0.3) is 15.9 Å². The molecule has 3 N–H and O–H groups in total. The van der Waals surface area contributed by atoms with E-state index < -0.39 is 10.0 Å². The van der Waals surface area contributed by atoms with Crippen molar-refractivity contribution in [3.63, 3.8) is 0 Å². The molecular formula is C34H35N3O3S. The lowest BCUT2D eigenvalue weighted by molar-refractivity contribution is 0.0949. The van der Waals surface area contributed by atoms with Crippen LogP contribution in [0.1, 0.15) is 48.8 Å². The number of nitrogens with one attached hydrogen (secondary N) is 3. The van der Waals surface area contributed by atoms with E-state index in [1.807, 2.05) is 60.7 Å². The summed E-state index contributed by atoms with van der Waals surface area (Å²) in [5, 5.41) is 3.81. The fourth-order valence-electron chi connectivity index (χ4n) is 4.91. The fourth-order valence-corrected chi connectivity index (χ4v) is 5.96. The smallest absolute Gasteiger partial charge is 0.268 e. The number of aromatic amines is 1. The number of amides is 1. The first-order valence-electron chi connectivity index (χ1n) is 13.8. The van der Waals surface area contributed by atoms with Gasteiger partial charge in [0.1, 0.15) is 5.69 Å². The van der Waals surface area contributed by atoms with Gasteiger partial charge in [-0.15, -0.1) is 0 Å². The summed E-state index contributed by atoms with van der Waals surface area (Å²) in [4.78, 5) is 16.8. The molecule has 0 spiro atoms. The van der Waals surface area contributed by atoms with Crippen molar-refractivity contribution in [1.82, 2.24) is 10.3 Å². The summed E-state index contributed by atoms with van der Waals surface area (Å²) in [5.74, 6) is -0.200. The number of hydrogen-bond acceptors (Lipinski definition) is 3. The Kier molecular flexibility index (Phi) is 7.99. The predicted molar refractivity (Wildman–Crippen MR) is 167 cm³/mol. The average molecular weight is 566 g/mol. The number of anilines is 1. The number of fused-ring (bicyclic) bond motifs is 1. The molecule has 5 aromatic rings. The highest BCUT2D eigenvalue weighted by Gasteiger charge is 2.21. The van der Waals surface area contributed by atoms with E-state index in [4.69, 9.17) is 0 Å². The number of H-pyrrole nitrogens is 1. The molecule has 210 valence electrons. The normalized spacial score (nSPS) is 11.9. The summed E-state index contributed by atoms with van der Waals surface area (Å²) in [7, 11) is -3.81. The predicted octanol–water partition coefficient (Wildman–Crippen LogP) is 7.30. The quantitative estimate of drug-likeness (QED) is 0.164. The van der Waals surface area contributed by atoms with E-state index in [1.54, 1.807) is 30.3 Å². The van der Waals surface area contributed by atoms with Gasteiger partial charge in [0, 0.05) is 28.7 Å². The monoisotopic (exact) mass is 565 g/mol. The average Bonchev–Trinajstić information content (AvgIpc) is 3.34. The van der Waals surface area contributed by atoms with Gasteiger partial charge >= 0.3 is 0 Å². The van der Waals surface area contributed by atoms with Crippen LogP contribution in [0.25, 0.3) is 22.0 Å². The lowest BCUT2D eigenvalue weighted by atomic mass is 9.87. The largest absolute Gasteiger partial charge is 0.351 e. The number of aromatic nitrogens is 1. The lowest BCUT2D eigenvalue weighted by Gasteiger charge is -2.19. The van der Waals surface area contributed by atoms with Crippen LogP contribution < -0.4 is 10.0 Å². The van der Waals surface area contributed by atoms with Crippen molar-refractivity contribution in [1.29, 1.82) is 0 Å². The number of sulfonamides is 1. The van der Waals surface area contributed by atoms with Crippen LogP contribution >= 0.6 is 0 Å². The number of benzene rings is 4. The van der Waals surface area contributed by atoms with Gasteiger partial charge in [-0.3, -0.25) is 9.52 Å². The zero-order chi connectivity index (χ0) is 29.0. The van der Waals surface area contributed by atoms with Crippen LogP contribution in [0.3, 0.4) is 0 Å². The molecular weight excluding hydrogens is 530 g/mol. The van der Waals surface area contributed by atoms with Crippen molar-refractivity contribution in [2.24, 2.45) is 0 Å². The highest BCUT2D eigenvalue weighted by molar-refractivity contribution is 7.92. The molecule has 1 amide bonds. The molecule has 7 heteroatoms. The Morgan fingerprint density at radius 2 is 1.49 bits per heavy atom.